The molecule has 0 fully saturated rings. The third-order valence-corrected chi connectivity index (χ3v) is 4.06. The second-order valence-corrected chi connectivity index (χ2v) is 5.88. The average molecular weight is 354 g/mol. The molecule has 7 nitrogen and oxygen atoms in total. The van der Waals surface area contributed by atoms with Crippen LogP contribution in [0.2, 0.25) is 5.02 Å². The first kappa shape index (κ1) is 15.5. The molecule has 25 heavy (non-hydrogen) atoms. The smallest absolute Gasteiger partial charge is 0.288 e. The highest BCUT2D eigenvalue weighted by Gasteiger charge is 2.28. The number of nitrogens with two attached hydrogens (primary N) is 1. The van der Waals surface area contributed by atoms with Crippen LogP contribution in [0.4, 0.5) is 0 Å². The second kappa shape index (κ2) is 5.80. The van der Waals surface area contributed by atoms with Crippen LogP contribution in [-0.2, 0) is 0 Å². The Labute approximate surface area is 147 Å². The molecule has 0 radical (unpaired) electrons. The van der Waals surface area contributed by atoms with E-state index in [0.717, 1.165) is 5.56 Å². The number of carbonyl (C=O) groups excluding carboxylic acids is 1. The summed E-state index contributed by atoms with van der Waals surface area (Å²) in [5.74, 6) is -0.854. The zero-order chi connectivity index (χ0) is 17.6. The third-order valence-electron chi connectivity index (χ3n) is 3.82. The number of fused-ring (bicyclic) bond motifs is 3. The minimum Gasteiger partial charge on any atom is -0.365 e. The third kappa shape index (κ3) is 2.59. The number of carbonyl (C=O) groups is 1. The van der Waals surface area contributed by atoms with Crippen LogP contribution in [0, 0.1) is 0 Å². The Balaban J connectivity index is 2.01. The van der Waals surface area contributed by atoms with Gasteiger partial charge in [-0.05, 0) is 18.2 Å². The van der Waals surface area contributed by atoms with E-state index in [4.69, 9.17) is 17.3 Å². The van der Waals surface area contributed by atoms with Crippen molar-refractivity contribution in [2.75, 3.05) is 0 Å². The predicted octanol–water partition coefficient (Wildman–Crippen LogP) is 1.86. The number of aliphatic hydroxyl groups excluding tert-OH is 1. The maximum Gasteiger partial charge on any atom is 0.288 e. The molecule has 2 heterocycles. The van der Waals surface area contributed by atoms with E-state index >= 15 is 0 Å². The van der Waals surface area contributed by atoms with Crippen molar-refractivity contribution in [3.8, 4) is 5.69 Å². The summed E-state index contributed by atoms with van der Waals surface area (Å²) in [6.45, 7) is 0. The lowest BCUT2D eigenvalue weighted by atomic mass is 10.0. The normalized spacial score (nSPS) is 15.8. The number of nitrogens with zero attached hydrogens (tertiary/aromatic N) is 4. The molecule has 1 aliphatic rings. The van der Waals surface area contributed by atoms with Gasteiger partial charge in [-0.2, -0.15) is 0 Å². The molecule has 1 atom stereocenters. The molecule has 124 valence electrons. The fraction of sp³-hybridized carbons (Fsp3) is 0.0588. The van der Waals surface area contributed by atoms with Gasteiger partial charge in [-0.1, -0.05) is 41.9 Å². The van der Waals surface area contributed by atoms with Gasteiger partial charge in [0.2, 0.25) is 12.1 Å². The van der Waals surface area contributed by atoms with Gasteiger partial charge in [-0.15, -0.1) is 5.10 Å². The van der Waals surface area contributed by atoms with E-state index in [1.165, 1.54) is 4.68 Å². The fourth-order valence-corrected chi connectivity index (χ4v) is 2.90. The first-order chi connectivity index (χ1) is 12.0. The lowest BCUT2D eigenvalue weighted by molar-refractivity contribution is 0.0990. The highest BCUT2D eigenvalue weighted by atomic mass is 35.5. The van der Waals surface area contributed by atoms with Gasteiger partial charge in [0.05, 0.1) is 11.4 Å². The Kier molecular flexibility index (Phi) is 3.60. The number of primary amides is 1. The van der Waals surface area contributed by atoms with E-state index < -0.39 is 12.1 Å². The fourth-order valence-electron chi connectivity index (χ4n) is 2.73. The van der Waals surface area contributed by atoms with Crippen molar-refractivity contribution < 1.29 is 9.90 Å². The number of hydrogen-bond acceptors (Lipinski definition) is 5. The minimum absolute atomic E-state index is 0.114. The van der Waals surface area contributed by atoms with Crippen molar-refractivity contribution >= 4 is 23.2 Å². The molecule has 1 aromatic heterocycles. The number of aromatic nitrogens is 3. The summed E-state index contributed by atoms with van der Waals surface area (Å²) in [6.07, 6.45) is -1.30. The maximum atomic E-state index is 11.4. The number of hydrogen-bond donors (Lipinski definition) is 2. The summed E-state index contributed by atoms with van der Waals surface area (Å²) in [5.41, 5.74) is 7.88. The van der Waals surface area contributed by atoms with Gasteiger partial charge in [0.25, 0.3) is 5.91 Å². The molecule has 2 aromatic carbocycles. The van der Waals surface area contributed by atoms with Crippen molar-refractivity contribution in [3.05, 3.63) is 76.3 Å². The average Bonchev–Trinajstić information content (AvgIpc) is 3.02. The standard InChI is InChI=1S/C17H12ClN5O2/c18-10-6-7-12-11(8-10)13(9-4-2-1-3-5-9)20-17(25)16-21-15(14(19)24)22-23(12)16/h1-8,17,25H,(H2,19,24). The monoisotopic (exact) mass is 353 g/mol. The van der Waals surface area contributed by atoms with Crippen molar-refractivity contribution in [2.45, 2.75) is 6.23 Å². The highest BCUT2D eigenvalue weighted by molar-refractivity contribution is 6.31. The molecular formula is C17H12ClN5O2. The molecule has 0 saturated heterocycles. The first-order valence-corrected chi connectivity index (χ1v) is 7.81. The second-order valence-electron chi connectivity index (χ2n) is 5.45. The van der Waals surface area contributed by atoms with Crippen LogP contribution < -0.4 is 5.73 Å². The Hall–Kier alpha value is -3.03. The summed E-state index contributed by atoms with van der Waals surface area (Å²) >= 11 is 6.16. The van der Waals surface area contributed by atoms with Crippen LogP contribution in [0.5, 0.6) is 0 Å². The molecule has 3 aromatic rings. The van der Waals surface area contributed by atoms with E-state index in [1.54, 1.807) is 18.2 Å². The van der Waals surface area contributed by atoms with Crippen LogP contribution in [0.25, 0.3) is 5.69 Å². The lowest BCUT2D eigenvalue weighted by Crippen LogP contribution is -2.14. The summed E-state index contributed by atoms with van der Waals surface area (Å²) < 4.78 is 1.37. The molecule has 3 N–H and O–H groups in total. The van der Waals surface area contributed by atoms with E-state index in [-0.39, 0.29) is 11.6 Å². The summed E-state index contributed by atoms with van der Waals surface area (Å²) in [5, 5.41) is 15.1. The summed E-state index contributed by atoms with van der Waals surface area (Å²) in [6, 6.07) is 14.6. The molecule has 0 aliphatic carbocycles. The van der Waals surface area contributed by atoms with Gasteiger partial charge >= 0.3 is 0 Å². The number of benzene rings is 2. The quantitative estimate of drug-likeness (QED) is 0.733. The summed E-state index contributed by atoms with van der Waals surface area (Å²) in [4.78, 5) is 19.8. The zero-order valence-electron chi connectivity index (χ0n) is 12.8. The number of aliphatic imine (C=N–C) groups is 1. The molecule has 4 rings (SSSR count). The molecule has 0 bridgehead atoms. The number of aliphatic hydroxyl groups is 1. The number of amides is 1. The molecule has 0 spiro atoms. The molecule has 1 aliphatic heterocycles. The van der Waals surface area contributed by atoms with Gasteiger partial charge in [0, 0.05) is 16.1 Å². The Morgan fingerprint density at radius 2 is 1.96 bits per heavy atom. The van der Waals surface area contributed by atoms with Gasteiger partial charge in [0.1, 0.15) is 0 Å². The Morgan fingerprint density at radius 1 is 1.20 bits per heavy atom. The Morgan fingerprint density at radius 3 is 2.68 bits per heavy atom. The van der Waals surface area contributed by atoms with Gasteiger partial charge in [0.15, 0.2) is 5.82 Å². The van der Waals surface area contributed by atoms with Crippen LogP contribution in [-0.4, -0.2) is 31.5 Å². The van der Waals surface area contributed by atoms with Gasteiger partial charge in [-0.3, -0.25) is 4.79 Å². The van der Waals surface area contributed by atoms with Crippen molar-refractivity contribution in [2.24, 2.45) is 10.7 Å². The van der Waals surface area contributed by atoms with Crippen molar-refractivity contribution in [1.82, 2.24) is 14.8 Å². The molecule has 0 saturated carbocycles. The van der Waals surface area contributed by atoms with Gasteiger partial charge in [-0.25, -0.2) is 14.7 Å². The van der Waals surface area contributed by atoms with E-state index in [2.05, 4.69) is 15.1 Å². The topological polar surface area (TPSA) is 106 Å². The van der Waals surface area contributed by atoms with Crippen molar-refractivity contribution in [1.29, 1.82) is 0 Å². The Bertz CT molecular complexity index is 1010. The van der Waals surface area contributed by atoms with Gasteiger partial charge < -0.3 is 10.8 Å². The van der Waals surface area contributed by atoms with E-state index in [9.17, 15) is 9.90 Å². The van der Waals surface area contributed by atoms with Crippen LogP contribution >= 0.6 is 11.6 Å². The highest BCUT2D eigenvalue weighted by Crippen LogP contribution is 2.30. The van der Waals surface area contributed by atoms with E-state index in [0.29, 0.717) is 22.0 Å². The summed E-state index contributed by atoms with van der Waals surface area (Å²) in [7, 11) is 0. The van der Waals surface area contributed by atoms with Crippen LogP contribution in [0.1, 0.15) is 33.8 Å². The molecule has 8 heteroatoms. The molecule has 1 unspecified atom stereocenters. The molecule has 1 amide bonds. The zero-order valence-corrected chi connectivity index (χ0v) is 13.6. The minimum atomic E-state index is -1.30. The van der Waals surface area contributed by atoms with Crippen molar-refractivity contribution in [3.63, 3.8) is 0 Å². The lowest BCUT2D eigenvalue weighted by Gasteiger charge is -2.11. The largest absolute Gasteiger partial charge is 0.365 e. The predicted molar refractivity (Wildman–Crippen MR) is 91.9 cm³/mol. The SMILES string of the molecule is NC(=O)c1nc2n(n1)-c1ccc(Cl)cc1C(c1ccccc1)=NC2O. The van der Waals surface area contributed by atoms with Crippen LogP contribution in [0.3, 0.4) is 0 Å². The maximum absolute atomic E-state index is 11.4. The number of halogens is 1. The van der Waals surface area contributed by atoms with E-state index in [1.807, 2.05) is 30.3 Å². The first-order valence-electron chi connectivity index (χ1n) is 7.43. The van der Waals surface area contributed by atoms with Crippen LogP contribution in [0.15, 0.2) is 53.5 Å². The number of rotatable bonds is 2. The molecular weight excluding hydrogens is 342 g/mol.